The Bertz CT molecular complexity index is 3950. The van der Waals surface area contributed by atoms with Crippen LogP contribution < -0.4 is 0 Å². The average Bonchev–Trinajstić information content (AvgIpc) is 3.97. The molecule has 0 N–H and O–H groups in total. The van der Waals surface area contributed by atoms with E-state index in [4.69, 9.17) is 19.9 Å². The molecule has 0 fully saturated rings. The van der Waals surface area contributed by atoms with Crippen LogP contribution in [0.3, 0.4) is 0 Å². The van der Waals surface area contributed by atoms with Crippen LogP contribution in [0.4, 0.5) is 0 Å². The van der Waals surface area contributed by atoms with Crippen molar-refractivity contribution >= 4 is 53.4 Å². The van der Waals surface area contributed by atoms with Crippen molar-refractivity contribution in [3.63, 3.8) is 0 Å². The van der Waals surface area contributed by atoms with Gasteiger partial charge in [-0.25, -0.2) is 19.9 Å². The molecule has 0 spiro atoms. The molecule has 6 heteroatoms. The minimum Gasteiger partial charge on any atom is -0.309 e. The molecule has 4 heterocycles. The highest BCUT2D eigenvalue weighted by Crippen LogP contribution is 2.43. The van der Waals surface area contributed by atoms with Crippen molar-refractivity contribution in [1.82, 2.24) is 24.5 Å². The summed E-state index contributed by atoms with van der Waals surface area (Å²) in [6.07, 6.45) is 0. The summed E-state index contributed by atoms with van der Waals surface area (Å²) in [6.45, 7) is 0. The summed E-state index contributed by atoms with van der Waals surface area (Å²) in [7, 11) is 0. The van der Waals surface area contributed by atoms with E-state index >= 15 is 0 Å². The van der Waals surface area contributed by atoms with Crippen molar-refractivity contribution in [1.29, 1.82) is 0 Å². The molecule has 0 amide bonds. The van der Waals surface area contributed by atoms with Gasteiger partial charge in [0.05, 0.1) is 38.3 Å². The second-order valence-corrected chi connectivity index (χ2v) is 18.0. The quantitative estimate of drug-likeness (QED) is 0.153. The number of fused-ring (bicyclic) bond motifs is 6. The van der Waals surface area contributed by atoms with Gasteiger partial charge in [0.1, 0.15) is 0 Å². The largest absolute Gasteiger partial charge is 0.309 e. The minimum absolute atomic E-state index is 0.669. The van der Waals surface area contributed by atoms with E-state index in [1.165, 1.54) is 15.6 Å². The van der Waals surface area contributed by atoms with E-state index in [0.29, 0.717) is 11.6 Å². The van der Waals surface area contributed by atoms with Crippen LogP contribution in [-0.2, 0) is 0 Å². The third-order valence-electron chi connectivity index (χ3n) is 12.8. The van der Waals surface area contributed by atoms with E-state index in [1.54, 1.807) is 11.3 Å². The Morgan fingerprint density at radius 1 is 0.338 bits per heavy atom. The lowest BCUT2D eigenvalue weighted by molar-refractivity contribution is 1.16. The summed E-state index contributed by atoms with van der Waals surface area (Å²) >= 11 is 1.75. The number of benzene rings is 9. The molecule has 0 aliphatic heterocycles. The van der Waals surface area contributed by atoms with Crippen molar-refractivity contribution in [2.24, 2.45) is 0 Å². The second kappa shape index (κ2) is 16.5. The Morgan fingerprint density at radius 3 is 1.63 bits per heavy atom. The van der Waals surface area contributed by atoms with E-state index in [1.807, 2.05) is 12.1 Å². The van der Waals surface area contributed by atoms with Gasteiger partial charge >= 0.3 is 0 Å². The molecule has 0 aliphatic carbocycles. The van der Waals surface area contributed by atoms with Crippen LogP contribution in [-0.4, -0.2) is 24.5 Å². The molecule has 13 aromatic rings. The number of rotatable bonds is 8. The highest BCUT2D eigenvalue weighted by molar-refractivity contribution is 7.26. The molecular weight excluding hydrogens is 847 g/mol. The molecule has 0 saturated carbocycles. The summed E-state index contributed by atoms with van der Waals surface area (Å²) in [5, 5.41) is 3.48. The lowest BCUT2D eigenvalue weighted by atomic mass is 9.96. The second-order valence-electron chi connectivity index (χ2n) is 17.0. The zero-order valence-corrected chi connectivity index (χ0v) is 37.5. The molecule has 0 atom stereocenters. The van der Waals surface area contributed by atoms with Gasteiger partial charge in [-0.1, -0.05) is 188 Å². The highest BCUT2D eigenvalue weighted by atomic mass is 32.1. The fraction of sp³-hybridized carbons (Fsp3) is 0. The van der Waals surface area contributed by atoms with Gasteiger partial charge in [0.15, 0.2) is 11.6 Å². The normalized spacial score (nSPS) is 11.5. The first kappa shape index (κ1) is 39.5. The molecule has 9 aromatic carbocycles. The Balaban J connectivity index is 1.000. The molecular formula is C62H39N5S. The number of thiophene rings is 1. The molecule has 13 rings (SSSR count). The number of hydrogen-bond acceptors (Lipinski definition) is 5. The smallest absolute Gasteiger partial charge is 0.160 e. The molecule has 0 bridgehead atoms. The first-order chi connectivity index (χ1) is 33.7. The minimum atomic E-state index is 0.669. The van der Waals surface area contributed by atoms with E-state index in [2.05, 4.69) is 229 Å². The van der Waals surface area contributed by atoms with Crippen molar-refractivity contribution in [2.45, 2.75) is 0 Å². The molecule has 0 radical (unpaired) electrons. The Hall–Kier alpha value is -8.84. The molecule has 0 unspecified atom stereocenters. The van der Waals surface area contributed by atoms with Crippen LogP contribution >= 0.6 is 11.3 Å². The van der Waals surface area contributed by atoms with Crippen molar-refractivity contribution in [3.05, 3.63) is 237 Å². The third kappa shape index (κ3) is 6.94. The molecule has 68 heavy (non-hydrogen) atoms. The van der Waals surface area contributed by atoms with Gasteiger partial charge in [0.2, 0.25) is 0 Å². The molecule has 0 saturated heterocycles. The van der Waals surface area contributed by atoms with Crippen LogP contribution in [0.25, 0.3) is 127 Å². The lowest BCUT2D eigenvalue weighted by Gasteiger charge is -2.12. The van der Waals surface area contributed by atoms with Crippen LogP contribution in [0.1, 0.15) is 0 Å². The zero-order chi connectivity index (χ0) is 45.0. The van der Waals surface area contributed by atoms with Gasteiger partial charge in [-0.3, -0.25) is 0 Å². The molecule has 4 aromatic heterocycles. The summed E-state index contributed by atoms with van der Waals surface area (Å²) in [5.74, 6) is 1.37. The maximum atomic E-state index is 5.34. The average molecular weight is 886 g/mol. The predicted molar refractivity (Wildman–Crippen MR) is 283 cm³/mol. The highest BCUT2D eigenvalue weighted by Gasteiger charge is 2.21. The van der Waals surface area contributed by atoms with Gasteiger partial charge in [0.25, 0.3) is 0 Å². The predicted octanol–water partition coefficient (Wildman–Crippen LogP) is 16.4. The SMILES string of the molecule is c1ccc(-c2ccc3c(c2)c2c(-c4cccc(-c5nc(-c6ccccc6)c6sc7ccccc7c6n5)c4)cccc2n3-c2cccc(-c3nc(-c4ccccc4)cc(-c4ccccc4)n3)c2)cc1. The van der Waals surface area contributed by atoms with Gasteiger partial charge in [0, 0.05) is 54.4 Å². The van der Waals surface area contributed by atoms with Gasteiger partial charge in [-0.2, -0.15) is 0 Å². The number of aromatic nitrogens is 5. The summed E-state index contributed by atoms with van der Waals surface area (Å²) in [6, 6.07) is 83.3. The number of nitrogens with zero attached hydrogens (tertiary/aromatic N) is 5. The van der Waals surface area contributed by atoms with Gasteiger partial charge in [-0.05, 0) is 70.8 Å². The van der Waals surface area contributed by atoms with E-state index in [9.17, 15) is 0 Å². The van der Waals surface area contributed by atoms with E-state index < -0.39 is 0 Å². The van der Waals surface area contributed by atoms with Crippen molar-refractivity contribution < 1.29 is 0 Å². The standard InChI is InChI=1S/C62H39N5S/c1-5-18-40(19-6-1)44-34-35-54-51(38-44)57-49(45-26-15-27-46(36-45)62-65-58(43-24-11-4-12-25-43)60-59(66-62)50-30-13-14-33-56(50)68-60)31-17-32-55(57)67(54)48-29-16-28-47(37-48)61-63-52(41-20-7-2-8-21-41)39-53(64-61)42-22-9-3-10-23-42/h1-39H. The summed E-state index contributed by atoms with van der Waals surface area (Å²) in [4.78, 5) is 21.1. The number of hydrogen-bond donors (Lipinski definition) is 0. The van der Waals surface area contributed by atoms with Crippen LogP contribution in [0.5, 0.6) is 0 Å². The van der Waals surface area contributed by atoms with Crippen molar-refractivity contribution in [3.8, 4) is 84.5 Å². The topological polar surface area (TPSA) is 56.5 Å². The van der Waals surface area contributed by atoms with Crippen LogP contribution in [0.15, 0.2) is 237 Å². The van der Waals surface area contributed by atoms with Gasteiger partial charge in [-0.15, -0.1) is 11.3 Å². The Morgan fingerprint density at radius 2 is 0.912 bits per heavy atom. The van der Waals surface area contributed by atoms with E-state index in [-0.39, 0.29) is 0 Å². The third-order valence-corrected chi connectivity index (χ3v) is 14.0. The zero-order valence-electron chi connectivity index (χ0n) is 36.7. The summed E-state index contributed by atoms with van der Waals surface area (Å²) in [5.41, 5.74) is 16.5. The maximum Gasteiger partial charge on any atom is 0.160 e. The first-order valence-corrected chi connectivity index (χ1v) is 23.6. The molecule has 0 aliphatic rings. The monoisotopic (exact) mass is 885 g/mol. The fourth-order valence-electron chi connectivity index (χ4n) is 9.61. The van der Waals surface area contributed by atoms with E-state index in [0.717, 1.165) is 99.3 Å². The first-order valence-electron chi connectivity index (χ1n) is 22.8. The van der Waals surface area contributed by atoms with Gasteiger partial charge < -0.3 is 4.57 Å². The van der Waals surface area contributed by atoms with Crippen LogP contribution in [0, 0.1) is 0 Å². The maximum absolute atomic E-state index is 5.34. The molecule has 318 valence electrons. The lowest BCUT2D eigenvalue weighted by Crippen LogP contribution is -1.98. The van der Waals surface area contributed by atoms with Crippen LogP contribution in [0.2, 0.25) is 0 Å². The fourth-order valence-corrected chi connectivity index (χ4v) is 10.8. The Kier molecular flexibility index (Phi) is 9.62. The Labute approximate surface area is 397 Å². The molecule has 5 nitrogen and oxygen atoms in total. The van der Waals surface area contributed by atoms with Crippen molar-refractivity contribution in [2.75, 3.05) is 0 Å². The summed E-state index contributed by atoms with van der Waals surface area (Å²) < 4.78 is 4.69.